The lowest BCUT2D eigenvalue weighted by molar-refractivity contribution is 0.628. The summed E-state index contributed by atoms with van der Waals surface area (Å²) >= 11 is 0. The second-order valence-corrected chi connectivity index (χ2v) is 12.9. The summed E-state index contributed by atoms with van der Waals surface area (Å²) in [4.78, 5) is 4.57. The van der Waals surface area contributed by atoms with Crippen LogP contribution in [0.25, 0.3) is 93.2 Å². The van der Waals surface area contributed by atoms with Gasteiger partial charge in [0.1, 0.15) is 5.82 Å². The average molecular weight is 641 g/mol. The quantitative estimate of drug-likeness (QED) is 0.175. The number of pyridine rings is 1. The SMILES string of the molecule is Fc1ccc(-c2c3ccccc3c(-c3ccccc3)c3ccc(-c4cc5c6cnccc6n(-c6ccccc6)c5c5ccccc45)cc23)cc1. The first kappa shape index (κ1) is 28.4. The van der Waals surface area contributed by atoms with Crippen LogP contribution >= 0.6 is 0 Å². The minimum atomic E-state index is -0.243. The van der Waals surface area contributed by atoms with E-state index in [4.69, 9.17) is 0 Å². The number of nitrogens with zero attached hydrogens (tertiary/aromatic N) is 2. The third-order valence-electron chi connectivity index (χ3n) is 10.1. The van der Waals surface area contributed by atoms with Crippen molar-refractivity contribution in [3.8, 4) is 39.1 Å². The smallest absolute Gasteiger partial charge is 0.123 e. The molecule has 0 atom stereocenters. The molecule has 10 aromatic rings. The van der Waals surface area contributed by atoms with Crippen LogP contribution in [0.3, 0.4) is 0 Å². The molecule has 0 aliphatic rings. The molecule has 0 bridgehead atoms. The van der Waals surface area contributed by atoms with Gasteiger partial charge in [0.2, 0.25) is 0 Å². The predicted octanol–water partition coefficient (Wildman–Crippen LogP) is 12.8. The summed E-state index contributed by atoms with van der Waals surface area (Å²) in [6, 6.07) is 56.8. The van der Waals surface area contributed by atoms with Gasteiger partial charge in [0.05, 0.1) is 11.0 Å². The van der Waals surface area contributed by atoms with Crippen molar-refractivity contribution in [3.05, 3.63) is 182 Å². The molecule has 0 fully saturated rings. The number of hydrogen-bond donors (Lipinski definition) is 0. The number of para-hydroxylation sites is 1. The molecule has 0 saturated heterocycles. The lowest BCUT2D eigenvalue weighted by atomic mass is 9.84. The van der Waals surface area contributed by atoms with Gasteiger partial charge in [0, 0.05) is 34.2 Å². The van der Waals surface area contributed by atoms with Gasteiger partial charge >= 0.3 is 0 Å². The summed E-state index contributed by atoms with van der Waals surface area (Å²) in [6.07, 6.45) is 3.86. The van der Waals surface area contributed by atoms with Crippen molar-refractivity contribution in [2.75, 3.05) is 0 Å². The van der Waals surface area contributed by atoms with Crippen molar-refractivity contribution in [3.63, 3.8) is 0 Å². The van der Waals surface area contributed by atoms with E-state index in [1.54, 1.807) is 12.1 Å². The largest absolute Gasteiger partial charge is 0.309 e. The third kappa shape index (κ3) is 4.30. The normalized spacial score (nSPS) is 11.7. The number of rotatable bonds is 4. The van der Waals surface area contributed by atoms with E-state index in [2.05, 4.69) is 149 Å². The number of halogens is 1. The summed E-state index contributed by atoms with van der Waals surface area (Å²) in [5, 5.41) is 9.24. The Morgan fingerprint density at radius 3 is 1.74 bits per heavy atom. The molecule has 2 nitrogen and oxygen atoms in total. The summed E-state index contributed by atoms with van der Waals surface area (Å²) in [6.45, 7) is 0. The Morgan fingerprint density at radius 2 is 1.00 bits per heavy atom. The maximum atomic E-state index is 14.3. The van der Waals surface area contributed by atoms with Gasteiger partial charge in [-0.05, 0) is 103 Å². The molecule has 3 heteroatoms. The zero-order chi connectivity index (χ0) is 33.2. The van der Waals surface area contributed by atoms with E-state index < -0.39 is 0 Å². The Balaban J connectivity index is 1.34. The molecule has 2 aromatic heterocycles. The third-order valence-corrected chi connectivity index (χ3v) is 10.1. The molecule has 0 N–H and O–H groups in total. The van der Waals surface area contributed by atoms with Gasteiger partial charge < -0.3 is 4.57 Å². The van der Waals surface area contributed by atoms with E-state index in [1.165, 1.54) is 32.8 Å². The molecule has 2 heterocycles. The molecule has 0 saturated carbocycles. The van der Waals surface area contributed by atoms with Crippen LogP contribution in [0.2, 0.25) is 0 Å². The molecule has 50 heavy (non-hydrogen) atoms. The first-order valence-electron chi connectivity index (χ1n) is 16.9. The zero-order valence-corrected chi connectivity index (χ0v) is 27.0. The highest BCUT2D eigenvalue weighted by molar-refractivity contribution is 6.24. The molecular weight excluding hydrogens is 612 g/mol. The summed E-state index contributed by atoms with van der Waals surface area (Å²) in [5.41, 5.74) is 10.2. The van der Waals surface area contributed by atoms with Crippen LogP contribution in [0.4, 0.5) is 4.39 Å². The minimum Gasteiger partial charge on any atom is -0.309 e. The van der Waals surface area contributed by atoms with Crippen molar-refractivity contribution in [1.29, 1.82) is 0 Å². The van der Waals surface area contributed by atoms with Crippen LogP contribution < -0.4 is 0 Å². The molecule has 0 aliphatic heterocycles. The summed E-state index contributed by atoms with van der Waals surface area (Å²) in [7, 11) is 0. The Kier molecular flexibility index (Phi) is 6.40. The number of hydrogen-bond acceptors (Lipinski definition) is 1. The molecular formula is C47H29FN2. The molecule has 0 spiro atoms. The first-order chi connectivity index (χ1) is 24.7. The molecule has 0 unspecified atom stereocenters. The van der Waals surface area contributed by atoms with Crippen LogP contribution in [0.1, 0.15) is 0 Å². The maximum absolute atomic E-state index is 14.3. The topological polar surface area (TPSA) is 17.8 Å². The fourth-order valence-corrected chi connectivity index (χ4v) is 7.99. The van der Waals surface area contributed by atoms with Crippen LogP contribution in [-0.2, 0) is 0 Å². The zero-order valence-electron chi connectivity index (χ0n) is 27.0. The highest BCUT2D eigenvalue weighted by Crippen LogP contribution is 2.46. The van der Waals surface area contributed by atoms with E-state index in [9.17, 15) is 4.39 Å². The fraction of sp³-hybridized carbons (Fsp3) is 0. The van der Waals surface area contributed by atoms with Crippen molar-refractivity contribution in [2.45, 2.75) is 0 Å². The maximum Gasteiger partial charge on any atom is 0.123 e. The summed E-state index contributed by atoms with van der Waals surface area (Å²) < 4.78 is 16.7. The van der Waals surface area contributed by atoms with Crippen molar-refractivity contribution in [2.24, 2.45) is 0 Å². The Morgan fingerprint density at radius 1 is 0.420 bits per heavy atom. The minimum absolute atomic E-state index is 0.243. The standard InChI is InChI=1S/C47H29FN2/c48-33-22-19-31(20-23-33)46-37-17-9-8-16-36(37)45(30-11-3-1-4-12-30)38-24-21-32(27-41(38)46)40-28-42-43-29-49-26-25-44(43)50(34-13-5-2-6-14-34)47(42)39-18-10-7-15-35(39)40/h1-29H. The Bertz CT molecular complexity index is 2910. The second-order valence-electron chi connectivity index (χ2n) is 12.9. The number of aromatic nitrogens is 2. The molecule has 234 valence electrons. The highest BCUT2D eigenvalue weighted by Gasteiger charge is 2.21. The molecule has 10 rings (SSSR count). The monoisotopic (exact) mass is 640 g/mol. The Labute approximate surface area is 288 Å². The molecule has 0 amide bonds. The Hall–Kier alpha value is -6.58. The van der Waals surface area contributed by atoms with E-state index >= 15 is 0 Å². The van der Waals surface area contributed by atoms with Crippen molar-refractivity contribution in [1.82, 2.24) is 9.55 Å². The van der Waals surface area contributed by atoms with Gasteiger partial charge in [-0.3, -0.25) is 4.98 Å². The predicted molar refractivity (Wildman–Crippen MR) is 207 cm³/mol. The van der Waals surface area contributed by atoms with E-state index in [0.29, 0.717) is 0 Å². The second kappa shape index (κ2) is 11.3. The number of fused-ring (bicyclic) bond motifs is 7. The van der Waals surface area contributed by atoms with Gasteiger partial charge in [0.15, 0.2) is 0 Å². The highest BCUT2D eigenvalue weighted by atomic mass is 19.1. The van der Waals surface area contributed by atoms with Crippen LogP contribution in [0, 0.1) is 5.82 Å². The van der Waals surface area contributed by atoms with Gasteiger partial charge in [-0.15, -0.1) is 0 Å². The van der Waals surface area contributed by atoms with E-state index in [-0.39, 0.29) is 5.82 Å². The van der Waals surface area contributed by atoms with Gasteiger partial charge in [0.25, 0.3) is 0 Å². The first-order valence-corrected chi connectivity index (χ1v) is 16.9. The van der Waals surface area contributed by atoms with E-state index in [1.807, 2.05) is 24.5 Å². The van der Waals surface area contributed by atoms with Crippen molar-refractivity contribution < 1.29 is 4.39 Å². The van der Waals surface area contributed by atoms with Crippen LogP contribution in [-0.4, -0.2) is 9.55 Å². The lowest BCUT2D eigenvalue weighted by Gasteiger charge is -2.19. The van der Waals surface area contributed by atoms with Gasteiger partial charge in [-0.25, -0.2) is 4.39 Å². The summed E-state index contributed by atoms with van der Waals surface area (Å²) in [5.74, 6) is -0.243. The van der Waals surface area contributed by atoms with Crippen LogP contribution in [0.5, 0.6) is 0 Å². The average Bonchev–Trinajstić information content (AvgIpc) is 3.52. The molecule has 0 aliphatic carbocycles. The van der Waals surface area contributed by atoms with Gasteiger partial charge in [-0.2, -0.15) is 0 Å². The molecule has 0 radical (unpaired) electrons. The van der Waals surface area contributed by atoms with Gasteiger partial charge in [-0.1, -0.05) is 121 Å². The molecule has 8 aromatic carbocycles. The van der Waals surface area contributed by atoms with Crippen LogP contribution in [0.15, 0.2) is 176 Å². The number of benzene rings is 8. The van der Waals surface area contributed by atoms with Crippen molar-refractivity contribution >= 4 is 54.1 Å². The fourth-order valence-electron chi connectivity index (χ4n) is 7.99. The lowest BCUT2D eigenvalue weighted by Crippen LogP contribution is -1.95. The van der Waals surface area contributed by atoms with E-state index in [0.717, 1.165) is 60.4 Å².